The summed E-state index contributed by atoms with van der Waals surface area (Å²) in [5.41, 5.74) is 7.09. The summed E-state index contributed by atoms with van der Waals surface area (Å²) in [6.45, 7) is 0. The van der Waals surface area contributed by atoms with Crippen molar-refractivity contribution in [2.75, 3.05) is 0 Å². The van der Waals surface area contributed by atoms with E-state index in [0.717, 1.165) is 23.3 Å². The molecule has 2 heteroatoms. The fourth-order valence-corrected chi connectivity index (χ4v) is 2.96. The molecule has 110 valence electrons. The molecule has 1 aliphatic rings. The number of nitrogens with zero attached hydrogens (tertiary/aromatic N) is 2. The molecule has 23 heavy (non-hydrogen) atoms. The molecule has 1 aromatic heterocycles. The number of rotatable bonds is 2. The highest BCUT2D eigenvalue weighted by Gasteiger charge is 2.19. The van der Waals surface area contributed by atoms with Crippen molar-refractivity contribution in [2.24, 2.45) is 4.99 Å². The van der Waals surface area contributed by atoms with Crippen LogP contribution >= 0.6 is 0 Å². The van der Waals surface area contributed by atoms with Crippen LogP contribution in [0.1, 0.15) is 27.9 Å². The summed E-state index contributed by atoms with van der Waals surface area (Å²) in [6, 6.07) is 22.7. The van der Waals surface area contributed by atoms with Crippen molar-refractivity contribution < 1.29 is 0 Å². The van der Waals surface area contributed by atoms with Gasteiger partial charge in [0.2, 0.25) is 0 Å². The normalized spacial score (nSPS) is 14.7. The third kappa shape index (κ3) is 2.71. The van der Waals surface area contributed by atoms with Crippen molar-refractivity contribution in [2.45, 2.75) is 6.42 Å². The molecule has 1 aliphatic carbocycles. The Balaban J connectivity index is 1.78. The van der Waals surface area contributed by atoms with Crippen molar-refractivity contribution in [3.05, 3.63) is 107 Å². The SMILES string of the molecule is C(=N/C=C1\c2ccccc2Cc2ncccc21)c1ccccc1. The average molecular weight is 296 g/mol. The van der Waals surface area contributed by atoms with E-state index >= 15 is 0 Å². The Bertz CT molecular complexity index is 845. The van der Waals surface area contributed by atoms with E-state index in [-0.39, 0.29) is 0 Å². The second-order valence-electron chi connectivity index (χ2n) is 5.56. The van der Waals surface area contributed by atoms with E-state index in [1.165, 1.54) is 16.7 Å². The molecule has 0 atom stereocenters. The number of hydrogen-bond acceptors (Lipinski definition) is 2. The van der Waals surface area contributed by atoms with Crippen LogP contribution in [-0.2, 0) is 6.42 Å². The minimum atomic E-state index is 0.881. The molecule has 0 fully saturated rings. The third-order valence-corrected chi connectivity index (χ3v) is 4.07. The highest BCUT2D eigenvalue weighted by molar-refractivity contribution is 5.87. The molecule has 0 saturated heterocycles. The van der Waals surface area contributed by atoms with Crippen LogP contribution in [0.15, 0.2) is 84.1 Å². The molecule has 2 aromatic carbocycles. The van der Waals surface area contributed by atoms with Gasteiger partial charge in [-0.15, -0.1) is 0 Å². The van der Waals surface area contributed by atoms with E-state index in [2.05, 4.69) is 40.3 Å². The summed E-state index contributed by atoms with van der Waals surface area (Å²) >= 11 is 0. The molecule has 1 heterocycles. The van der Waals surface area contributed by atoms with Gasteiger partial charge in [-0.25, -0.2) is 0 Å². The van der Waals surface area contributed by atoms with Crippen LogP contribution in [0.2, 0.25) is 0 Å². The lowest BCUT2D eigenvalue weighted by Gasteiger charge is -2.20. The predicted molar refractivity (Wildman–Crippen MR) is 94.6 cm³/mol. The Hall–Kier alpha value is -3.00. The van der Waals surface area contributed by atoms with Gasteiger partial charge in [0.15, 0.2) is 0 Å². The maximum absolute atomic E-state index is 4.55. The molecule has 0 spiro atoms. The fourth-order valence-electron chi connectivity index (χ4n) is 2.96. The van der Waals surface area contributed by atoms with Crippen LogP contribution in [-0.4, -0.2) is 11.2 Å². The van der Waals surface area contributed by atoms with Gasteiger partial charge in [-0.1, -0.05) is 60.7 Å². The Morgan fingerprint density at radius 2 is 1.61 bits per heavy atom. The topological polar surface area (TPSA) is 25.2 Å². The molecule has 0 aliphatic heterocycles. The predicted octanol–water partition coefficient (Wildman–Crippen LogP) is 4.49. The van der Waals surface area contributed by atoms with Gasteiger partial charge < -0.3 is 0 Å². The number of fused-ring (bicyclic) bond motifs is 2. The molecule has 0 saturated carbocycles. The highest BCUT2D eigenvalue weighted by atomic mass is 14.7. The standard InChI is InChI=1S/C21H16N2/c1-2-7-16(8-3-1)14-22-15-20-18-10-5-4-9-17(18)13-21-19(20)11-6-12-23-21/h1-12,14-15H,13H2/b20-15+,22-14?. The van der Waals surface area contributed by atoms with Gasteiger partial charge in [-0.3, -0.25) is 9.98 Å². The van der Waals surface area contributed by atoms with E-state index in [0.29, 0.717) is 0 Å². The minimum Gasteiger partial charge on any atom is -0.263 e. The molecule has 0 N–H and O–H groups in total. The van der Waals surface area contributed by atoms with E-state index in [9.17, 15) is 0 Å². The first kappa shape index (κ1) is 13.6. The molecule has 4 rings (SSSR count). The van der Waals surface area contributed by atoms with Crippen LogP contribution < -0.4 is 0 Å². The molecular weight excluding hydrogens is 280 g/mol. The second kappa shape index (κ2) is 6.01. The van der Waals surface area contributed by atoms with Crippen LogP contribution in [0.5, 0.6) is 0 Å². The van der Waals surface area contributed by atoms with Crippen LogP contribution in [0.4, 0.5) is 0 Å². The van der Waals surface area contributed by atoms with E-state index in [1.54, 1.807) is 0 Å². The lowest BCUT2D eigenvalue weighted by Crippen LogP contribution is -2.08. The van der Waals surface area contributed by atoms with Crippen LogP contribution in [0.25, 0.3) is 5.57 Å². The van der Waals surface area contributed by atoms with E-state index in [1.807, 2.05) is 55.0 Å². The molecule has 3 aromatic rings. The van der Waals surface area contributed by atoms with Crippen molar-refractivity contribution in [1.29, 1.82) is 0 Å². The molecule has 0 amide bonds. The highest BCUT2D eigenvalue weighted by Crippen LogP contribution is 2.34. The van der Waals surface area contributed by atoms with Crippen LogP contribution in [0.3, 0.4) is 0 Å². The number of hydrogen-bond donors (Lipinski definition) is 0. The zero-order valence-electron chi connectivity index (χ0n) is 12.7. The lowest BCUT2D eigenvalue weighted by atomic mass is 9.85. The smallest absolute Gasteiger partial charge is 0.0526 e. The second-order valence-corrected chi connectivity index (χ2v) is 5.56. The van der Waals surface area contributed by atoms with Crippen LogP contribution in [0, 0.1) is 0 Å². The fraction of sp³-hybridized carbons (Fsp3) is 0.0476. The van der Waals surface area contributed by atoms with Crippen molar-refractivity contribution in [3.8, 4) is 0 Å². The van der Waals surface area contributed by atoms with Gasteiger partial charge >= 0.3 is 0 Å². The lowest BCUT2D eigenvalue weighted by molar-refractivity contribution is 1.04. The number of aliphatic imine (C=N–C) groups is 1. The maximum atomic E-state index is 4.55. The summed E-state index contributed by atoms with van der Waals surface area (Å²) in [5, 5.41) is 0. The Morgan fingerprint density at radius 1 is 0.826 bits per heavy atom. The molecular formula is C21H16N2. The van der Waals surface area contributed by atoms with E-state index < -0.39 is 0 Å². The first-order valence-electron chi connectivity index (χ1n) is 7.73. The summed E-state index contributed by atoms with van der Waals surface area (Å²) < 4.78 is 0. The van der Waals surface area contributed by atoms with Gasteiger partial charge in [-0.2, -0.15) is 0 Å². The van der Waals surface area contributed by atoms with Gasteiger partial charge in [0, 0.05) is 36.2 Å². The molecule has 0 bridgehead atoms. The monoisotopic (exact) mass is 296 g/mol. The molecule has 2 nitrogen and oxygen atoms in total. The summed E-state index contributed by atoms with van der Waals surface area (Å²) in [7, 11) is 0. The first-order valence-corrected chi connectivity index (χ1v) is 7.73. The van der Waals surface area contributed by atoms with Gasteiger partial charge in [-0.05, 0) is 22.8 Å². The molecule has 0 radical (unpaired) electrons. The zero-order chi connectivity index (χ0) is 15.5. The van der Waals surface area contributed by atoms with Gasteiger partial charge in [0.05, 0.1) is 5.69 Å². The summed E-state index contributed by atoms with van der Waals surface area (Å²) in [4.78, 5) is 9.09. The van der Waals surface area contributed by atoms with E-state index in [4.69, 9.17) is 0 Å². The minimum absolute atomic E-state index is 0.881. The number of aromatic nitrogens is 1. The Labute approximate surface area is 135 Å². The van der Waals surface area contributed by atoms with Crippen molar-refractivity contribution in [1.82, 2.24) is 4.98 Å². The Kier molecular flexibility index (Phi) is 3.57. The summed E-state index contributed by atoms with van der Waals surface area (Å²) in [6.07, 6.45) is 6.58. The number of pyridine rings is 1. The van der Waals surface area contributed by atoms with Gasteiger partial charge in [0.1, 0.15) is 0 Å². The Morgan fingerprint density at radius 3 is 2.52 bits per heavy atom. The quantitative estimate of drug-likeness (QED) is 0.500. The number of benzene rings is 2. The third-order valence-electron chi connectivity index (χ3n) is 4.07. The largest absolute Gasteiger partial charge is 0.263 e. The maximum Gasteiger partial charge on any atom is 0.0526 e. The van der Waals surface area contributed by atoms with Crippen molar-refractivity contribution >= 4 is 11.8 Å². The average Bonchev–Trinajstić information content (AvgIpc) is 2.62. The first-order chi connectivity index (χ1) is 11.4. The zero-order valence-corrected chi connectivity index (χ0v) is 12.7. The van der Waals surface area contributed by atoms with Gasteiger partial charge in [0.25, 0.3) is 0 Å². The van der Waals surface area contributed by atoms with Crippen molar-refractivity contribution in [3.63, 3.8) is 0 Å². The molecule has 0 unspecified atom stereocenters. The summed E-state index contributed by atoms with van der Waals surface area (Å²) in [5.74, 6) is 0.